The zero-order valence-corrected chi connectivity index (χ0v) is 18.0. The van der Waals surface area contributed by atoms with Crippen molar-refractivity contribution in [1.82, 2.24) is 9.80 Å². The number of aryl methyl sites for hydroxylation is 2. The van der Waals surface area contributed by atoms with E-state index in [4.69, 9.17) is 9.84 Å². The summed E-state index contributed by atoms with van der Waals surface area (Å²) in [6, 6.07) is 12.1. The molecule has 1 N–H and O–H groups in total. The molecule has 3 rings (SSSR count). The molecule has 0 aromatic heterocycles. The van der Waals surface area contributed by atoms with E-state index in [0.717, 1.165) is 36.3 Å². The second-order valence-electron chi connectivity index (χ2n) is 8.09. The van der Waals surface area contributed by atoms with Crippen molar-refractivity contribution in [1.29, 1.82) is 0 Å². The third-order valence-electron chi connectivity index (χ3n) is 5.53. The minimum Gasteiger partial charge on any atom is -0.483 e. The summed E-state index contributed by atoms with van der Waals surface area (Å²) in [5.74, 6) is -0.635. The third kappa shape index (κ3) is 6.52. The quantitative estimate of drug-likeness (QED) is 0.699. The molecule has 0 spiro atoms. The first kappa shape index (κ1) is 22.7. The van der Waals surface area contributed by atoms with Crippen LogP contribution in [0.15, 0.2) is 42.5 Å². The van der Waals surface area contributed by atoms with E-state index in [1.54, 1.807) is 18.2 Å². The van der Waals surface area contributed by atoms with Gasteiger partial charge in [0.15, 0.2) is 6.61 Å². The molecule has 1 aliphatic heterocycles. The number of aliphatic carboxylic acids is 1. The molecular weight excluding hydrogens is 399 g/mol. The lowest BCUT2D eigenvalue weighted by Crippen LogP contribution is -2.54. The van der Waals surface area contributed by atoms with Gasteiger partial charge in [0.1, 0.15) is 11.6 Å². The number of benzene rings is 2. The van der Waals surface area contributed by atoms with Crippen molar-refractivity contribution in [3.8, 4) is 5.75 Å². The molecule has 2 aromatic rings. The van der Waals surface area contributed by atoms with Crippen molar-refractivity contribution in [3.63, 3.8) is 0 Å². The number of carboxylic acid groups (broad SMARTS) is 1. The van der Waals surface area contributed by atoms with Crippen LogP contribution in [-0.4, -0.2) is 59.1 Å². The molecule has 6 nitrogen and oxygen atoms in total. The van der Waals surface area contributed by atoms with E-state index in [9.17, 15) is 14.0 Å². The summed E-state index contributed by atoms with van der Waals surface area (Å²) in [4.78, 5) is 27.8. The maximum Gasteiger partial charge on any atom is 0.303 e. The highest BCUT2D eigenvalue weighted by molar-refractivity contribution is 5.78. The van der Waals surface area contributed by atoms with Gasteiger partial charge in [-0.15, -0.1) is 0 Å². The second kappa shape index (κ2) is 10.4. The lowest BCUT2D eigenvalue weighted by Gasteiger charge is -2.39. The molecule has 0 aliphatic carbocycles. The highest BCUT2D eigenvalue weighted by Gasteiger charge is 2.27. The number of carbonyl (C=O) groups excluding carboxylic acids is 1. The van der Waals surface area contributed by atoms with Crippen molar-refractivity contribution in [3.05, 3.63) is 65.0 Å². The van der Waals surface area contributed by atoms with Crippen LogP contribution in [0.1, 0.15) is 30.0 Å². The Morgan fingerprint density at radius 3 is 2.58 bits per heavy atom. The second-order valence-corrected chi connectivity index (χ2v) is 8.09. The van der Waals surface area contributed by atoms with E-state index in [2.05, 4.69) is 4.90 Å². The number of piperazine rings is 1. The molecule has 1 unspecified atom stereocenters. The lowest BCUT2D eigenvalue weighted by atomic mass is 10.1. The molecule has 7 heteroatoms. The summed E-state index contributed by atoms with van der Waals surface area (Å²) in [6.07, 6.45) is 0.375. The third-order valence-corrected chi connectivity index (χ3v) is 5.53. The maximum atomic E-state index is 13.1. The van der Waals surface area contributed by atoms with Crippen LogP contribution < -0.4 is 4.74 Å². The molecule has 1 aliphatic rings. The summed E-state index contributed by atoms with van der Waals surface area (Å²) in [5.41, 5.74) is 2.86. The fraction of sp³-hybridized carbons (Fsp3) is 0.417. The summed E-state index contributed by atoms with van der Waals surface area (Å²) < 4.78 is 18.9. The van der Waals surface area contributed by atoms with Gasteiger partial charge < -0.3 is 14.7 Å². The van der Waals surface area contributed by atoms with Crippen molar-refractivity contribution < 1.29 is 23.8 Å². The number of ether oxygens (including phenoxy) is 1. The van der Waals surface area contributed by atoms with Gasteiger partial charge in [0.05, 0.1) is 0 Å². The van der Waals surface area contributed by atoms with Gasteiger partial charge in [-0.1, -0.05) is 29.8 Å². The van der Waals surface area contributed by atoms with Crippen molar-refractivity contribution >= 4 is 11.9 Å². The van der Waals surface area contributed by atoms with Gasteiger partial charge in [-0.3, -0.25) is 14.5 Å². The minimum atomic E-state index is -0.865. The number of rotatable bonds is 8. The highest BCUT2D eigenvalue weighted by atomic mass is 19.1. The fourth-order valence-corrected chi connectivity index (χ4v) is 3.90. The standard InChI is InChI=1S/C24H29FN2O4/c1-17-3-9-22(20(13-17)6-10-24(29)30)31-16-23(28)27-12-11-26(14-18(27)2)15-19-4-7-21(25)8-5-19/h3-5,7-9,13,18H,6,10-12,14-16H2,1-2H3,(H,29,30). The molecular formula is C24H29FN2O4. The molecule has 31 heavy (non-hydrogen) atoms. The van der Waals surface area contributed by atoms with E-state index in [1.807, 2.05) is 30.9 Å². The van der Waals surface area contributed by atoms with Crippen LogP contribution in [0.25, 0.3) is 0 Å². The molecule has 1 heterocycles. The zero-order valence-electron chi connectivity index (χ0n) is 18.0. The van der Waals surface area contributed by atoms with Crippen LogP contribution in [0, 0.1) is 12.7 Å². The van der Waals surface area contributed by atoms with Gasteiger partial charge >= 0.3 is 5.97 Å². The first-order chi connectivity index (χ1) is 14.8. The van der Waals surface area contributed by atoms with Crippen LogP contribution in [0.2, 0.25) is 0 Å². The predicted octanol–water partition coefficient (Wildman–Crippen LogP) is 3.26. The van der Waals surface area contributed by atoms with Crippen molar-refractivity contribution in [2.75, 3.05) is 26.2 Å². The SMILES string of the molecule is Cc1ccc(OCC(=O)N2CCN(Cc3ccc(F)cc3)CC2C)c(CCC(=O)O)c1. The molecule has 1 saturated heterocycles. The van der Waals surface area contributed by atoms with Crippen molar-refractivity contribution in [2.45, 2.75) is 39.3 Å². The normalized spacial score (nSPS) is 16.9. The Hall–Kier alpha value is -2.93. The summed E-state index contributed by atoms with van der Waals surface area (Å²) in [6.45, 7) is 6.67. The van der Waals surface area contributed by atoms with E-state index in [-0.39, 0.29) is 30.8 Å². The Labute approximate surface area is 182 Å². The molecule has 0 bridgehead atoms. The molecule has 1 atom stereocenters. The van der Waals surface area contributed by atoms with E-state index in [1.165, 1.54) is 12.1 Å². The Bertz CT molecular complexity index is 916. The number of carboxylic acids is 1. The largest absolute Gasteiger partial charge is 0.483 e. The summed E-state index contributed by atoms with van der Waals surface area (Å²) in [7, 11) is 0. The molecule has 1 fully saturated rings. The molecule has 0 saturated carbocycles. The predicted molar refractivity (Wildman–Crippen MR) is 115 cm³/mol. The number of amides is 1. The minimum absolute atomic E-state index is 0.0147. The lowest BCUT2D eigenvalue weighted by molar-refractivity contribution is -0.138. The maximum absolute atomic E-state index is 13.1. The van der Waals surface area contributed by atoms with Crippen LogP contribution in [0.4, 0.5) is 4.39 Å². The molecule has 166 valence electrons. The average Bonchev–Trinajstić information content (AvgIpc) is 2.73. The van der Waals surface area contributed by atoms with Crippen LogP contribution in [-0.2, 0) is 22.6 Å². The first-order valence-corrected chi connectivity index (χ1v) is 10.5. The van der Waals surface area contributed by atoms with Gasteiger partial charge in [-0.2, -0.15) is 0 Å². The topological polar surface area (TPSA) is 70.1 Å². The number of nitrogens with zero attached hydrogens (tertiary/aromatic N) is 2. The number of carbonyl (C=O) groups is 2. The van der Waals surface area contributed by atoms with E-state index >= 15 is 0 Å². The number of hydrogen-bond donors (Lipinski definition) is 1. The molecule has 2 aromatic carbocycles. The van der Waals surface area contributed by atoms with Gasteiger partial charge in [-0.25, -0.2) is 4.39 Å². The van der Waals surface area contributed by atoms with Gasteiger partial charge in [0.25, 0.3) is 5.91 Å². The molecule has 0 radical (unpaired) electrons. The van der Waals surface area contributed by atoms with Gasteiger partial charge in [-0.05, 0) is 49.6 Å². The smallest absolute Gasteiger partial charge is 0.303 e. The van der Waals surface area contributed by atoms with Gasteiger partial charge in [0.2, 0.25) is 0 Å². The van der Waals surface area contributed by atoms with Crippen LogP contribution >= 0.6 is 0 Å². The fourth-order valence-electron chi connectivity index (χ4n) is 3.90. The van der Waals surface area contributed by atoms with Crippen LogP contribution in [0.5, 0.6) is 5.75 Å². The van der Waals surface area contributed by atoms with E-state index in [0.29, 0.717) is 18.7 Å². The zero-order chi connectivity index (χ0) is 22.4. The Morgan fingerprint density at radius 1 is 1.16 bits per heavy atom. The molecule has 1 amide bonds. The Morgan fingerprint density at radius 2 is 1.90 bits per heavy atom. The first-order valence-electron chi connectivity index (χ1n) is 10.5. The average molecular weight is 429 g/mol. The summed E-state index contributed by atoms with van der Waals surface area (Å²) in [5, 5.41) is 8.96. The Kier molecular flexibility index (Phi) is 7.63. The van der Waals surface area contributed by atoms with Crippen molar-refractivity contribution in [2.24, 2.45) is 0 Å². The van der Waals surface area contributed by atoms with Gasteiger partial charge in [0, 0.05) is 38.6 Å². The summed E-state index contributed by atoms with van der Waals surface area (Å²) >= 11 is 0. The number of halogens is 1. The monoisotopic (exact) mass is 428 g/mol. The highest BCUT2D eigenvalue weighted by Crippen LogP contribution is 2.22. The van der Waals surface area contributed by atoms with Crippen LogP contribution in [0.3, 0.4) is 0 Å². The number of hydrogen-bond acceptors (Lipinski definition) is 4. The van der Waals surface area contributed by atoms with E-state index < -0.39 is 5.97 Å². The Balaban J connectivity index is 1.53.